The van der Waals surface area contributed by atoms with Crippen molar-refractivity contribution in [1.29, 1.82) is 0 Å². The second-order valence-corrected chi connectivity index (χ2v) is 4.05. The maximum atomic E-state index is 11.7. The lowest BCUT2D eigenvalue weighted by molar-refractivity contribution is -0.123. The number of amides is 2. The molecule has 116 valence electrons. The third-order valence-corrected chi connectivity index (χ3v) is 2.56. The van der Waals surface area contributed by atoms with Gasteiger partial charge in [-0.2, -0.15) is 0 Å². The van der Waals surface area contributed by atoms with Crippen LogP contribution < -0.4 is 16.4 Å². The fourth-order valence-electron chi connectivity index (χ4n) is 1.45. The van der Waals surface area contributed by atoms with E-state index in [0.717, 1.165) is 5.56 Å². The molecule has 1 aromatic rings. The van der Waals surface area contributed by atoms with E-state index in [1.54, 1.807) is 19.1 Å². The van der Waals surface area contributed by atoms with Crippen LogP contribution in [0.25, 0.3) is 0 Å². The molecule has 0 aliphatic heterocycles. The summed E-state index contributed by atoms with van der Waals surface area (Å²) in [5.74, 6) is -1.31. The molecule has 0 aromatic heterocycles. The molecular weight excluding hydrogens is 298 g/mol. The molecular formula is C13H18ClN3O4. The summed E-state index contributed by atoms with van der Waals surface area (Å²) < 4.78 is 4.61. The molecule has 0 aliphatic carbocycles. The first-order valence-corrected chi connectivity index (χ1v) is 5.93. The summed E-state index contributed by atoms with van der Waals surface area (Å²) in [6, 6.07) is 4.82. The number of nitrogens with one attached hydrogen (secondary N) is 2. The lowest BCUT2D eigenvalue weighted by atomic mass is 10.1. The Kier molecular flexibility index (Phi) is 8.03. The van der Waals surface area contributed by atoms with Gasteiger partial charge in [-0.1, -0.05) is 6.07 Å². The topological polar surface area (TPSA) is 111 Å². The Balaban J connectivity index is 0.00000400. The second kappa shape index (κ2) is 8.93. The van der Waals surface area contributed by atoms with E-state index >= 15 is 0 Å². The van der Waals surface area contributed by atoms with Crippen molar-refractivity contribution in [2.75, 3.05) is 25.5 Å². The van der Waals surface area contributed by atoms with Crippen LogP contribution in [0.2, 0.25) is 0 Å². The molecule has 0 heterocycles. The Labute approximate surface area is 128 Å². The summed E-state index contributed by atoms with van der Waals surface area (Å²) in [5.41, 5.74) is 6.72. The zero-order valence-corrected chi connectivity index (χ0v) is 12.6. The number of hydrogen-bond acceptors (Lipinski definition) is 5. The first kappa shape index (κ1) is 18.9. The summed E-state index contributed by atoms with van der Waals surface area (Å²) in [5, 5.41) is 4.96. The van der Waals surface area contributed by atoms with Crippen LogP contribution >= 0.6 is 12.4 Å². The molecule has 4 N–H and O–H groups in total. The van der Waals surface area contributed by atoms with Crippen LogP contribution in [0.5, 0.6) is 0 Å². The van der Waals surface area contributed by atoms with E-state index in [9.17, 15) is 14.4 Å². The fraction of sp³-hybridized carbons (Fsp3) is 0.308. The van der Waals surface area contributed by atoms with Crippen LogP contribution in [0.4, 0.5) is 5.69 Å². The van der Waals surface area contributed by atoms with Crippen molar-refractivity contribution < 1.29 is 19.1 Å². The highest BCUT2D eigenvalue weighted by Crippen LogP contribution is 2.17. The molecule has 0 atom stereocenters. The molecule has 0 spiro atoms. The van der Waals surface area contributed by atoms with Crippen LogP contribution in [0.3, 0.4) is 0 Å². The highest BCUT2D eigenvalue weighted by molar-refractivity contribution is 5.97. The zero-order valence-electron chi connectivity index (χ0n) is 11.8. The predicted molar refractivity (Wildman–Crippen MR) is 80.5 cm³/mol. The number of esters is 1. The number of nitrogens with two attached hydrogens (primary N) is 1. The minimum atomic E-state index is -0.489. The first-order valence-electron chi connectivity index (χ1n) is 5.93. The number of anilines is 1. The molecule has 21 heavy (non-hydrogen) atoms. The number of carbonyl (C=O) groups excluding carboxylic acids is 3. The monoisotopic (exact) mass is 315 g/mol. The van der Waals surface area contributed by atoms with E-state index in [4.69, 9.17) is 5.73 Å². The molecule has 1 aromatic carbocycles. The Bertz CT molecular complexity index is 534. The Morgan fingerprint density at radius 1 is 1.24 bits per heavy atom. The van der Waals surface area contributed by atoms with Gasteiger partial charge in [0.2, 0.25) is 11.8 Å². The molecule has 0 fully saturated rings. The SMILES string of the molecule is COC(=O)c1ccc(C)c(NC(=O)CNC(=O)CN)c1.Cl. The van der Waals surface area contributed by atoms with Gasteiger partial charge < -0.3 is 21.1 Å². The van der Waals surface area contributed by atoms with E-state index in [1.807, 2.05) is 0 Å². The Morgan fingerprint density at radius 3 is 2.48 bits per heavy atom. The van der Waals surface area contributed by atoms with Crippen LogP contribution in [0, 0.1) is 6.92 Å². The van der Waals surface area contributed by atoms with E-state index in [2.05, 4.69) is 15.4 Å². The van der Waals surface area contributed by atoms with Gasteiger partial charge in [0.25, 0.3) is 0 Å². The van der Waals surface area contributed by atoms with Crippen molar-refractivity contribution in [3.05, 3.63) is 29.3 Å². The zero-order chi connectivity index (χ0) is 15.1. The lowest BCUT2D eigenvalue weighted by Gasteiger charge is -2.10. The molecule has 2 amide bonds. The minimum absolute atomic E-state index is 0. The van der Waals surface area contributed by atoms with Gasteiger partial charge in [0.1, 0.15) is 0 Å². The van der Waals surface area contributed by atoms with E-state index in [1.165, 1.54) is 13.2 Å². The van der Waals surface area contributed by atoms with Crippen molar-refractivity contribution >= 4 is 35.9 Å². The van der Waals surface area contributed by atoms with Crippen molar-refractivity contribution in [1.82, 2.24) is 5.32 Å². The molecule has 0 saturated heterocycles. The minimum Gasteiger partial charge on any atom is -0.465 e. The summed E-state index contributed by atoms with van der Waals surface area (Å²) in [6.07, 6.45) is 0. The van der Waals surface area contributed by atoms with Gasteiger partial charge in [0.15, 0.2) is 0 Å². The standard InChI is InChI=1S/C13H17N3O4.ClH/c1-8-3-4-9(13(19)20-2)5-10(8)16-12(18)7-15-11(17)6-14;/h3-5H,6-7,14H2,1-2H3,(H,15,17)(H,16,18);1H. The summed E-state index contributed by atoms with van der Waals surface area (Å²) in [7, 11) is 1.28. The quantitative estimate of drug-likeness (QED) is 0.673. The van der Waals surface area contributed by atoms with Gasteiger partial charge in [-0.25, -0.2) is 4.79 Å². The largest absolute Gasteiger partial charge is 0.465 e. The smallest absolute Gasteiger partial charge is 0.337 e. The normalized spacial score (nSPS) is 9.29. The number of rotatable bonds is 5. The van der Waals surface area contributed by atoms with E-state index in [0.29, 0.717) is 11.3 Å². The van der Waals surface area contributed by atoms with Crippen molar-refractivity contribution in [3.8, 4) is 0 Å². The molecule has 8 heteroatoms. The van der Waals surface area contributed by atoms with Gasteiger partial charge >= 0.3 is 5.97 Å². The molecule has 0 bridgehead atoms. The average Bonchev–Trinajstić information content (AvgIpc) is 2.46. The van der Waals surface area contributed by atoms with Gasteiger partial charge in [-0.05, 0) is 24.6 Å². The van der Waals surface area contributed by atoms with E-state index < -0.39 is 17.8 Å². The van der Waals surface area contributed by atoms with Gasteiger partial charge in [-0.3, -0.25) is 9.59 Å². The third kappa shape index (κ3) is 5.80. The highest BCUT2D eigenvalue weighted by atomic mass is 35.5. The molecule has 7 nitrogen and oxygen atoms in total. The average molecular weight is 316 g/mol. The first-order chi connectivity index (χ1) is 9.47. The highest BCUT2D eigenvalue weighted by Gasteiger charge is 2.10. The fourth-order valence-corrected chi connectivity index (χ4v) is 1.45. The summed E-state index contributed by atoms with van der Waals surface area (Å²) in [4.78, 5) is 34.0. The number of carbonyl (C=O) groups is 3. The van der Waals surface area contributed by atoms with Gasteiger partial charge in [0.05, 0.1) is 25.8 Å². The molecule has 0 saturated carbocycles. The van der Waals surface area contributed by atoms with Crippen molar-refractivity contribution in [2.24, 2.45) is 5.73 Å². The van der Waals surface area contributed by atoms with Crippen molar-refractivity contribution in [3.63, 3.8) is 0 Å². The lowest BCUT2D eigenvalue weighted by Crippen LogP contribution is -2.36. The van der Waals surface area contributed by atoms with Crippen LogP contribution in [0.1, 0.15) is 15.9 Å². The Hall–Kier alpha value is -2.12. The molecule has 1 rings (SSSR count). The number of methoxy groups -OCH3 is 1. The number of halogens is 1. The molecule has 0 radical (unpaired) electrons. The van der Waals surface area contributed by atoms with Gasteiger partial charge in [0, 0.05) is 5.69 Å². The molecule has 0 aliphatic rings. The maximum Gasteiger partial charge on any atom is 0.337 e. The maximum absolute atomic E-state index is 11.7. The second-order valence-electron chi connectivity index (χ2n) is 4.05. The van der Waals surface area contributed by atoms with Crippen LogP contribution in [-0.4, -0.2) is 38.0 Å². The summed E-state index contributed by atoms with van der Waals surface area (Å²) in [6.45, 7) is 1.43. The Morgan fingerprint density at radius 2 is 1.90 bits per heavy atom. The van der Waals surface area contributed by atoms with Crippen LogP contribution in [0.15, 0.2) is 18.2 Å². The number of aryl methyl sites for hydroxylation is 1. The third-order valence-electron chi connectivity index (χ3n) is 2.56. The van der Waals surface area contributed by atoms with E-state index in [-0.39, 0.29) is 25.5 Å². The number of benzene rings is 1. The number of hydrogen-bond donors (Lipinski definition) is 3. The van der Waals surface area contributed by atoms with Crippen molar-refractivity contribution in [2.45, 2.75) is 6.92 Å². The summed E-state index contributed by atoms with van der Waals surface area (Å²) >= 11 is 0. The predicted octanol–water partition coefficient (Wildman–Crippen LogP) is 0.217. The number of ether oxygens (including phenoxy) is 1. The molecule has 0 unspecified atom stereocenters. The van der Waals surface area contributed by atoms with Crippen LogP contribution in [-0.2, 0) is 14.3 Å². The van der Waals surface area contributed by atoms with Gasteiger partial charge in [-0.15, -0.1) is 12.4 Å².